The number of ether oxygens (including phenoxy) is 1. The Bertz CT molecular complexity index is 777. The molecule has 2 rings (SSSR count). The maximum Gasteiger partial charge on any atom is 0.337 e. The molecule has 1 aromatic carbocycles. The summed E-state index contributed by atoms with van der Waals surface area (Å²) in [7, 11) is -2.65. The number of aromatic nitrogens is 1. The molecule has 0 aliphatic rings. The van der Waals surface area contributed by atoms with E-state index in [1.165, 1.54) is 43.5 Å². The van der Waals surface area contributed by atoms with Crippen LogP contribution in [0.2, 0.25) is 5.15 Å². The molecule has 0 aliphatic carbocycles. The van der Waals surface area contributed by atoms with Crippen LogP contribution in [0.15, 0.2) is 47.4 Å². The largest absolute Gasteiger partial charge is 0.465 e. The number of rotatable bonds is 4. The van der Waals surface area contributed by atoms with Crippen LogP contribution < -0.4 is 4.72 Å². The molecule has 0 atom stereocenters. The average Bonchev–Trinajstić information content (AvgIpc) is 2.46. The third-order valence-corrected chi connectivity index (χ3v) is 4.08. The summed E-state index contributed by atoms with van der Waals surface area (Å²) in [4.78, 5) is 15.2. The molecule has 0 unspecified atom stereocenters. The Morgan fingerprint density at radius 3 is 2.62 bits per heavy atom. The standard InChI is InChI=1S/C13H11ClN2O4S/c1-20-13(17)9-4-2-5-10(8-9)21(18,19)16-12-7-3-6-11(14)15-12/h2-8H,1H3,(H,15,16). The molecule has 6 nitrogen and oxygen atoms in total. The first-order valence-electron chi connectivity index (χ1n) is 5.76. The zero-order chi connectivity index (χ0) is 15.5. The summed E-state index contributed by atoms with van der Waals surface area (Å²) in [5.74, 6) is -0.529. The SMILES string of the molecule is COC(=O)c1cccc(S(=O)(=O)Nc2cccc(Cl)n2)c1. The highest BCUT2D eigenvalue weighted by atomic mass is 35.5. The summed E-state index contributed by atoms with van der Waals surface area (Å²) in [6.45, 7) is 0. The molecule has 8 heteroatoms. The Morgan fingerprint density at radius 2 is 1.95 bits per heavy atom. The van der Waals surface area contributed by atoms with E-state index in [9.17, 15) is 13.2 Å². The van der Waals surface area contributed by atoms with Crippen LogP contribution >= 0.6 is 11.6 Å². The van der Waals surface area contributed by atoms with E-state index in [0.29, 0.717) is 0 Å². The van der Waals surface area contributed by atoms with Gasteiger partial charge in [-0.2, -0.15) is 0 Å². The molecule has 0 bridgehead atoms. The molecule has 1 N–H and O–H groups in total. The molecule has 21 heavy (non-hydrogen) atoms. The van der Waals surface area contributed by atoms with E-state index in [4.69, 9.17) is 11.6 Å². The Labute approximate surface area is 126 Å². The van der Waals surface area contributed by atoms with Crippen LogP contribution in [-0.2, 0) is 14.8 Å². The minimum atomic E-state index is -3.87. The Hall–Kier alpha value is -2.12. The first-order valence-corrected chi connectivity index (χ1v) is 7.62. The van der Waals surface area contributed by atoms with Gasteiger partial charge in [-0.05, 0) is 30.3 Å². The normalized spacial score (nSPS) is 11.0. The number of carbonyl (C=O) groups is 1. The maximum atomic E-state index is 12.2. The molecule has 0 spiro atoms. The second-order valence-corrected chi connectivity index (χ2v) is 6.04. The molecule has 0 saturated carbocycles. The molecule has 1 heterocycles. The summed E-state index contributed by atoms with van der Waals surface area (Å²) in [6, 6.07) is 10.1. The van der Waals surface area contributed by atoms with Crippen molar-refractivity contribution in [1.82, 2.24) is 4.98 Å². The van der Waals surface area contributed by atoms with E-state index in [1.807, 2.05) is 0 Å². The second kappa shape index (κ2) is 6.11. The van der Waals surface area contributed by atoms with Crippen LogP contribution in [0.3, 0.4) is 0 Å². The van der Waals surface area contributed by atoms with E-state index in [0.717, 1.165) is 0 Å². The van der Waals surface area contributed by atoms with Crippen molar-refractivity contribution in [2.24, 2.45) is 0 Å². The van der Waals surface area contributed by atoms with Crippen molar-refractivity contribution in [3.05, 3.63) is 53.2 Å². The average molecular weight is 327 g/mol. The van der Waals surface area contributed by atoms with Crippen molar-refractivity contribution in [1.29, 1.82) is 0 Å². The van der Waals surface area contributed by atoms with Crippen molar-refractivity contribution in [3.8, 4) is 0 Å². The van der Waals surface area contributed by atoms with E-state index in [-0.39, 0.29) is 21.4 Å². The molecular formula is C13H11ClN2O4S. The first kappa shape index (κ1) is 15.3. The fourth-order valence-corrected chi connectivity index (χ4v) is 2.78. The van der Waals surface area contributed by atoms with Crippen LogP contribution in [-0.4, -0.2) is 26.5 Å². The predicted molar refractivity (Wildman–Crippen MR) is 77.8 cm³/mol. The number of nitrogens with one attached hydrogen (secondary N) is 1. The van der Waals surface area contributed by atoms with Gasteiger partial charge in [0.15, 0.2) is 0 Å². The number of esters is 1. The summed E-state index contributed by atoms with van der Waals surface area (Å²) < 4.78 is 31.3. The number of halogens is 1. The number of sulfonamides is 1. The van der Waals surface area contributed by atoms with Gasteiger partial charge in [-0.1, -0.05) is 23.7 Å². The van der Waals surface area contributed by atoms with Crippen molar-refractivity contribution >= 4 is 33.4 Å². The Balaban J connectivity index is 2.33. The minimum absolute atomic E-state index is 0.0767. The number of hydrogen-bond donors (Lipinski definition) is 1. The van der Waals surface area contributed by atoms with Crippen LogP contribution in [0.1, 0.15) is 10.4 Å². The molecule has 0 aliphatic heterocycles. The summed E-state index contributed by atoms with van der Waals surface area (Å²) in [6.07, 6.45) is 0. The van der Waals surface area contributed by atoms with Crippen molar-refractivity contribution in [3.63, 3.8) is 0 Å². The van der Waals surface area contributed by atoms with Gasteiger partial charge in [0.1, 0.15) is 11.0 Å². The van der Waals surface area contributed by atoms with Crippen molar-refractivity contribution in [2.75, 3.05) is 11.8 Å². The smallest absolute Gasteiger partial charge is 0.337 e. The lowest BCUT2D eigenvalue weighted by Gasteiger charge is -2.08. The Kier molecular flexibility index (Phi) is 4.44. The zero-order valence-electron chi connectivity index (χ0n) is 10.9. The molecule has 0 radical (unpaired) electrons. The third-order valence-electron chi connectivity index (χ3n) is 2.52. The highest BCUT2D eigenvalue weighted by Gasteiger charge is 2.17. The van der Waals surface area contributed by atoms with E-state index in [2.05, 4.69) is 14.4 Å². The Morgan fingerprint density at radius 1 is 1.24 bits per heavy atom. The van der Waals surface area contributed by atoms with Gasteiger partial charge in [-0.25, -0.2) is 18.2 Å². The summed E-state index contributed by atoms with van der Waals surface area (Å²) in [5, 5.41) is 0.165. The monoisotopic (exact) mass is 326 g/mol. The number of anilines is 1. The topological polar surface area (TPSA) is 85.4 Å². The van der Waals surface area contributed by atoms with Crippen molar-refractivity contribution in [2.45, 2.75) is 4.90 Å². The summed E-state index contributed by atoms with van der Waals surface area (Å²) in [5.41, 5.74) is 0.138. The van der Waals surface area contributed by atoms with Gasteiger partial charge in [-0.15, -0.1) is 0 Å². The van der Waals surface area contributed by atoms with Crippen LogP contribution in [0.25, 0.3) is 0 Å². The highest BCUT2D eigenvalue weighted by molar-refractivity contribution is 7.92. The van der Waals surface area contributed by atoms with Gasteiger partial charge in [0.2, 0.25) is 0 Å². The lowest BCUT2D eigenvalue weighted by atomic mass is 10.2. The van der Waals surface area contributed by atoms with E-state index >= 15 is 0 Å². The van der Waals surface area contributed by atoms with E-state index in [1.54, 1.807) is 6.07 Å². The molecule has 1 aromatic heterocycles. The fraction of sp³-hybridized carbons (Fsp3) is 0.0769. The maximum absolute atomic E-state index is 12.2. The van der Waals surface area contributed by atoms with Crippen LogP contribution in [0, 0.1) is 0 Å². The number of methoxy groups -OCH3 is 1. The number of nitrogens with zero attached hydrogens (tertiary/aromatic N) is 1. The van der Waals surface area contributed by atoms with Crippen LogP contribution in [0.4, 0.5) is 5.82 Å². The van der Waals surface area contributed by atoms with Gasteiger partial charge in [0.05, 0.1) is 17.6 Å². The minimum Gasteiger partial charge on any atom is -0.465 e. The molecule has 2 aromatic rings. The van der Waals surface area contributed by atoms with Crippen molar-refractivity contribution < 1.29 is 17.9 Å². The molecule has 0 saturated heterocycles. The quantitative estimate of drug-likeness (QED) is 0.688. The zero-order valence-corrected chi connectivity index (χ0v) is 12.5. The molecule has 0 fully saturated rings. The van der Waals surface area contributed by atoms with Gasteiger partial charge in [0.25, 0.3) is 10.0 Å². The number of benzene rings is 1. The van der Waals surface area contributed by atoms with Gasteiger partial charge in [-0.3, -0.25) is 4.72 Å². The molecule has 110 valence electrons. The highest BCUT2D eigenvalue weighted by Crippen LogP contribution is 2.17. The third kappa shape index (κ3) is 3.71. The number of pyridine rings is 1. The number of carbonyl (C=O) groups excluding carboxylic acids is 1. The summed E-state index contributed by atoms with van der Waals surface area (Å²) >= 11 is 5.70. The first-order chi connectivity index (χ1) is 9.92. The lowest BCUT2D eigenvalue weighted by molar-refractivity contribution is 0.0600. The van der Waals surface area contributed by atoms with Gasteiger partial charge >= 0.3 is 5.97 Å². The van der Waals surface area contributed by atoms with Gasteiger partial charge in [0, 0.05) is 0 Å². The molecular weight excluding hydrogens is 316 g/mol. The lowest BCUT2D eigenvalue weighted by Crippen LogP contribution is -2.14. The van der Waals surface area contributed by atoms with Gasteiger partial charge < -0.3 is 4.74 Å². The second-order valence-electron chi connectivity index (χ2n) is 3.97. The van der Waals surface area contributed by atoms with E-state index < -0.39 is 16.0 Å². The molecule has 0 amide bonds. The number of hydrogen-bond acceptors (Lipinski definition) is 5. The fourth-order valence-electron chi connectivity index (χ4n) is 1.57. The predicted octanol–water partition coefficient (Wildman–Crippen LogP) is 2.32. The van der Waals surface area contributed by atoms with Crippen LogP contribution in [0.5, 0.6) is 0 Å².